The fourth-order valence-corrected chi connectivity index (χ4v) is 5.20. The second-order valence-electron chi connectivity index (χ2n) is 9.21. The van der Waals surface area contributed by atoms with Crippen molar-refractivity contribution < 1.29 is 18.7 Å². The molecule has 4 rings (SSSR count). The Hall–Kier alpha value is -3.36. The first-order valence-corrected chi connectivity index (χ1v) is 14.3. The lowest BCUT2D eigenvalue weighted by Crippen LogP contribution is -2.44. The molecule has 0 aromatic heterocycles. The van der Waals surface area contributed by atoms with Crippen LogP contribution in [0.15, 0.2) is 77.8 Å². The molecule has 3 aromatic carbocycles. The minimum absolute atomic E-state index is 0.0193. The number of ether oxygens (including phenoxy) is 1. The summed E-state index contributed by atoms with van der Waals surface area (Å²) >= 11 is 7.22. The summed E-state index contributed by atoms with van der Waals surface area (Å²) in [6.45, 7) is 3.11. The van der Waals surface area contributed by atoms with Crippen LogP contribution in [0.1, 0.15) is 44.6 Å². The number of halogens is 2. The number of anilines is 1. The molecule has 2 amide bonds. The number of amides is 2. The molecule has 0 aliphatic carbocycles. The van der Waals surface area contributed by atoms with E-state index in [0.29, 0.717) is 28.2 Å². The van der Waals surface area contributed by atoms with Gasteiger partial charge in [0.2, 0.25) is 11.8 Å². The van der Waals surface area contributed by atoms with Gasteiger partial charge in [0.25, 0.3) is 0 Å². The Labute approximate surface area is 237 Å². The van der Waals surface area contributed by atoms with Crippen LogP contribution in [0, 0.1) is 5.82 Å². The number of rotatable bonds is 11. The van der Waals surface area contributed by atoms with Gasteiger partial charge in [-0.15, -0.1) is 0 Å². The van der Waals surface area contributed by atoms with E-state index in [-0.39, 0.29) is 30.6 Å². The third kappa shape index (κ3) is 8.57. The van der Waals surface area contributed by atoms with Crippen LogP contribution in [0.2, 0.25) is 5.02 Å². The first kappa shape index (κ1) is 28.6. The maximum absolute atomic E-state index is 13.4. The highest BCUT2D eigenvalue weighted by atomic mass is 35.5. The highest BCUT2D eigenvalue weighted by Crippen LogP contribution is 2.31. The van der Waals surface area contributed by atoms with Gasteiger partial charge in [0.05, 0.1) is 18.8 Å². The SMILES string of the molecule is CCCCCCOc1ccc(NC(=O)C2CC(=O)N(Cc3ccc(Cl)cc3)C(=Nc3ccc(F)cc3)S2)cc1. The molecular weight excluding hydrogens is 537 g/mol. The molecule has 0 spiro atoms. The van der Waals surface area contributed by atoms with E-state index in [9.17, 15) is 14.0 Å². The number of amidine groups is 1. The van der Waals surface area contributed by atoms with Gasteiger partial charge in [0, 0.05) is 17.1 Å². The summed E-state index contributed by atoms with van der Waals surface area (Å²) in [5.74, 6) is -0.149. The van der Waals surface area contributed by atoms with Crippen molar-refractivity contribution in [3.63, 3.8) is 0 Å². The highest BCUT2D eigenvalue weighted by Gasteiger charge is 2.36. The number of benzene rings is 3. The normalized spacial score (nSPS) is 16.4. The summed E-state index contributed by atoms with van der Waals surface area (Å²) < 4.78 is 19.2. The Morgan fingerprint density at radius 2 is 1.77 bits per heavy atom. The minimum Gasteiger partial charge on any atom is -0.494 e. The van der Waals surface area contributed by atoms with E-state index in [1.165, 1.54) is 48.9 Å². The molecule has 3 aromatic rings. The van der Waals surface area contributed by atoms with Crippen LogP contribution in [-0.2, 0) is 16.1 Å². The van der Waals surface area contributed by atoms with Crippen molar-refractivity contribution in [2.45, 2.75) is 50.8 Å². The largest absolute Gasteiger partial charge is 0.494 e. The van der Waals surface area contributed by atoms with Gasteiger partial charge in [0.15, 0.2) is 5.17 Å². The van der Waals surface area contributed by atoms with Gasteiger partial charge in [0.1, 0.15) is 16.8 Å². The van der Waals surface area contributed by atoms with Crippen molar-refractivity contribution in [2.75, 3.05) is 11.9 Å². The molecule has 9 heteroatoms. The van der Waals surface area contributed by atoms with Crippen molar-refractivity contribution in [2.24, 2.45) is 4.99 Å². The average Bonchev–Trinajstić information content (AvgIpc) is 2.93. The molecule has 0 bridgehead atoms. The van der Waals surface area contributed by atoms with Crippen LogP contribution in [-0.4, -0.2) is 33.7 Å². The second-order valence-corrected chi connectivity index (χ2v) is 10.8. The third-order valence-electron chi connectivity index (χ3n) is 6.13. The number of carbonyl (C=O) groups is 2. The number of thioether (sulfide) groups is 1. The van der Waals surface area contributed by atoms with Crippen molar-refractivity contribution >= 4 is 51.7 Å². The summed E-state index contributed by atoms with van der Waals surface area (Å²) in [5.41, 5.74) is 1.97. The van der Waals surface area contributed by atoms with Crippen LogP contribution >= 0.6 is 23.4 Å². The number of hydrogen-bond donors (Lipinski definition) is 1. The number of aliphatic imine (C=N–C) groups is 1. The highest BCUT2D eigenvalue weighted by molar-refractivity contribution is 8.15. The summed E-state index contributed by atoms with van der Waals surface area (Å²) in [5, 5.41) is 3.20. The lowest BCUT2D eigenvalue weighted by molar-refractivity contribution is -0.129. The first-order chi connectivity index (χ1) is 18.9. The second kappa shape index (κ2) is 14.1. The maximum Gasteiger partial charge on any atom is 0.238 e. The summed E-state index contributed by atoms with van der Waals surface area (Å²) in [7, 11) is 0. The minimum atomic E-state index is -0.673. The van der Waals surface area contributed by atoms with Gasteiger partial charge < -0.3 is 10.1 Å². The Morgan fingerprint density at radius 1 is 1.05 bits per heavy atom. The number of hydrogen-bond acceptors (Lipinski definition) is 5. The van der Waals surface area contributed by atoms with Gasteiger partial charge >= 0.3 is 0 Å². The molecule has 1 aliphatic heterocycles. The van der Waals surface area contributed by atoms with E-state index < -0.39 is 5.25 Å². The van der Waals surface area contributed by atoms with Crippen molar-refractivity contribution in [1.29, 1.82) is 0 Å². The van der Waals surface area contributed by atoms with Crippen LogP contribution in [0.4, 0.5) is 15.8 Å². The van der Waals surface area contributed by atoms with E-state index in [0.717, 1.165) is 24.2 Å². The number of nitrogens with one attached hydrogen (secondary N) is 1. The molecule has 6 nitrogen and oxygen atoms in total. The predicted octanol–water partition coefficient (Wildman–Crippen LogP) is 7.60. The molecule has 204 valence electrons. The molecule has 0 radical (unpaired) electrons. The van der Waals surface area contributed by atoms with Gasteiger partial charge in [-0.3, -0.25) is 14.5 Å². The van der Waals surface area contributed by atoms with Gasteiger partial charge in [-0.05, 0) is 72.6 Å². The number of unbranched alkanes of at least 4 members (excludes halogenated alkanes) is 3. The zero-order chi connectivity index (χ0) is 27.6. The van der Waals surface area contributed by atoms with Crippen molar-refractivity contribution in [1.82, 2.24) is 4.90 Å². The topological polar surface area (TPSA) is 71.0 Å². The van der Waals surface area contributed by atoms with E-state index in [2.05, 4.69) is 17.2 Å². The van der Waals surface area contributed by atoms with Crippen LogP contribution < -0.4 is 10.1 Å². The monoisotopic (exact) mass is 567 g/mol. The van der Waals surface area contributed by atoms with Crippen LogP contribution in [0.5, 0.6) is 5.75 Å². The third-order valence-corrected chi connectivity index (χ3v) is 7.57. The Balaban J connectivity index is 1.44. The average molecular weight is 568 g/mol. The first-order valence-electron chi connectivity index (χ1n) is 13.0. The summed E-state index contributed by atoms with van der Waals surface area (Å²) in [6, 6.07) is 20.1. The fourth-order valence-electron chi connectivity index (χ4n) is 3.97. The molecule has 39 heavy (non-hydrogen) atoms. The number of carbonyl (C=O) groups excluding carboxylic acids is 2. The fraction of sp³-hybridized carbons (Fsp3) is 0.300. The van der Waals surface area contributed by atoms with Gasteiger partial charge in [-0.1, -0.05) is 61.7 Å². The quantitative estimate of drug-likeness (QED) is 0.242. The Morgan fingerprint density at radius 3 is 2.46 bits per heavy atom. The molecule has 1 unspecified atom stereocenters. The standard InChI is InChI=1S/C30H31ClFN3O3S/c1-2-3-4-5-18-38-26-16-14-24(15-17-26)33-29(37)27-19-28(36)35(20-21-6-8-22(31)9-7-21)30(39-27)34-25-12-10-23(32)11-13-25/h6-17,27H,2-5,18-20H2,1H3,(H,33,37). The molecule has 1 aliphatic rings. The summed E-state index contributed by atoms with van der Waals surface area (Å²) in [4.78, 5) is 32.6. The van der Waals surface area contributed by atoms with Gasteiger partial charge in [-0.25, -0.2) is 9.38 Å². The van der Waals surface area contributed by atoms with E-state index in [1.54, 1.807) is 29.2 Å². The summed E-state index contributed by atoms with van der Waals surface area (Å²) in [6.07, 6.45) is 4.55. The maximum atomic E-state index is 13.4. The smallest absolute Gasteiger partial charge is 0.238 e. The van der Waals surface area contributed by atoms with E-state index in [1.807, 2.05) is 24.3 Å². The Bertz CT molecular complexity index is 1280. The Kier molecular flexibility index (Phi) is 10.4. The predicted molar refractivity (Wildman–Crippen MR) is 156 cm³/mol. The molecule has 0 saturated carbocycles. The van der Waals surface area contributed by atoms with Crippen LogP contribution in [0.3, 0.4) is 0 Å². The number of nitrogens with zero attached hydrogens (tertiary/aromatic N) is 2. The molecule has 1 N–H and O–H groups in total. The molecular formula is C30H31ClFN3O3S. The molecule has 1 heterocycles. The molecule has 1 saturated heterocycles. The van der Waals surface area contributed by atoms with E-state index in [4.69, 9.17) is 16.3 Å². The molecule has 1 atom stereocenters. The lowest BCUT2D eigenvalue weighted by atomic mass is 10.2. The zero-order valence-electron chi connectivity index (χ0n) is 21.7. The van der Waals surface area contributed by atoms with Crippen molar-refractivity contribution in [3.05, 3.63) is 89.2 Å². The van der Waals surface area contributed by atoms with Crippen LogP contribution in [0.25, 0.3) is 0 Å². The van der Waals surface area contributed by atoms with Gasteiger partial charge in [-0.2, -0.15) is 0 Å². The van der Waals surface area contributed by atoms with E-state index >= 15 is 0 Å². The lowest BCUT2D eigenvalue weighted by Gasteiger charge is -2.32. The zero-order valence-corrected chi connectivity index (χ0v) is 23.3. The molecule has 1 fully saturated rings. The van der Waals surface area contributed by atoms with Crippen molar-refractivity contribution in [3.8, 4) is 5.75 Å².